The number of nitriles is 1. The SMILES string of the molecule is N#Cc1ccc(C(=O)NCCNc2ccc(-n3cccn3)nn2)cc1. The second kappa shape index (κ2) is 7.70. The first-order chi connectivity index (χ1) is 12.3. The first kappa shape index (κ1) is 16.1. The molecular weight excluding hydrogens is 318 g/mol. The van der Waals surface area contributed by atoms with Crippen LogP contribution in [0.15, 0.2) is 54.9 Å². The van der Waals surface area contributed by atoms with Crippen molar-refractivity contribution in [3.05, 3.63) is 66.0 Å². The third-order valence-corrected chi connectivity index (χ3v) is 3.38. The number of nitrogens with zero attached hydrogens (tertiary/aromatic N) is 5. The Morgan fingerprint density at radius 1 is 1.12 bits per heavy atom. The Bertz CT molecular complexity index is 865. The zero-order chi connectivity index (χ0) is 17.5. The fourth-order valence-corrected chi connectivity index (χ4v) is 2.11. The maximum Gasteiger partial charge on any atom is 0.251 e. The molecule has 124 valence electrons. The monoisotopic (exact) mass is 333 g/mol. The maximum absolute atomic E-state index is 12.0. The Labute approximate surface area is 144 Å². The molecule has 0 aliphatic heterocycles. The van der Waals surface area contributed by atoms with Crippen LogP contribution in [0, 0.1) is 11.3 Å². The first-order valence-corrected chi connectivity index (χ1v) is 7.62. The molecule has 0 atom stereocenters. The molecule has 2 heterocycles. The van der Waals surface area contributed by atoms with Gasteiger partial charge in [-0.25, -0.2) is 4.68 Å². The van der Waals surface area contributed by atoms with E-state index in [4.69, 9.17) is 5.26 Å². The molecule has 0 saturated carbocycles. The molecule has 25 heavy (non-hydrogen) atoms. The van der Waals surface area contributed by atoms with Crippen molar-refractivity contribution < 1.29 is 4.79 Å². The zero-order valence-electron chi connectivity index (χ0n) is 13.3. The molecule has 0 bridgehead atoms. The normalized spacial score (nSPS) is 10.0. The Balaban J connectivity index is 1.45. The highest BCUT2D eigenvalue weighted by Gasteiger charge is 2.05. The lowest BCUT2D eigenvalue weighted by molar-refractivity contribution is 0.0955. The summed E-state index contributed by atoms with van der Waals surface area (Å²) >= 11 is 0. The molecule has 1 amide bonds. The van der Waals surface area contributed by atoms with Crippen molar-refractivity contribution >= 4 is 11.7 Å². The lowest BCUT2D eigenvalue weighted by Gasteiger charge is -2.07. The fraction of sp³-hybridized carbons (Fsp3) is 0.118. The van der Waals surface area contributed by atoms with Gasteiger partial charge in [-0.3, -0.25) is 4.79 Å². The van der Waals surface area contributed by atoms with Crippen molar-refractivity contribution in [2.75, 3.05) is 18.4 Å². The van der Waals surface area contributed by atoms with Crippen LogP contribution in [-0.2, 0) is 0 Å². The number of nitrogens with one attached hydrogen (secondary N) is 2. The van der Waals surface area contributed by atoms with Crippen molar-refractivity contribution in [1.29, 1.82) is 5.26 Å². The van der Waals surface area contributed by atoms with Gasteiger partial charge in [-0.05, 0) is 42.5 Å². The lowest BCUT2D eigenvalue weighted by Crippen LogP contribution is -2.28. The second-order valence-corrected chi connectivity index (χ2v) is 5.10. The summed E-state index contributed by atoms with van der Waals surface area (Å²) < 4.78 is 1.62. The molecule has 8 heteroatoms. The number of hydrogen-bond donors (Lipinski definition) is 2. The minimum absolute atomic E-state index is 0.189. The average Bonchev–Trinajstić information content (AvgIpc) is 3.20. The molecule has 3 aromatic rings. The summed E-state index contributed by atoms with van der Waals surface area (Å²) in [5.74, 6) is 1.06. The summed E-state index contributed by atoms with van der Waals surface area (Å²) in [6, 6.07) is 13.9. The van der Waals surface area contributed by atoms with E-state index in [1.165, 1.54) is 0 Å². The smallest absolute Gasteiger partial charge is 0.251 e. The topological polar surface area (TPSA) is 109 Å². The summed E-state index contributed by atoms with van der Waals surface area (Å²) in [6.45, 7) is 0.944. The Morgan fingerprint density at radius 3 is 2.60 bits per heavy atom. The quantitative estimate of drug-likeness (QED) is 0.660. The number of carbonyl (C=O) groups is 1. The fourth-order valence-electron chi connectivity index (χ4n) is 2.11. The molecule has 2 N–H and O–H groups in total. The van der Waals surface area contributed by atoms with E-state index in [2.05, 4.69) is 25.9 Å². The molecular formula is C17H15N7O. The summed E-state index contributed by atoms with van der Waals surface area (Å²) in [7, 11) is 0. The number of carbonyl (C=O) groups excluding carboxylic acids is 1. The zero-order valence-corrected chi connectivity index (χ0v) is 13.3. The standard InChI is InChI=1S/C17H15N7O/c18-12-13-2-4-14(5-3-13)17(25)20-10-9-19-15-6-7-16(23-22-15)24-11-1-8-21-24/h1-8,11H,9-10H2,(H,19,22)(H,20,25). The largest absolute Gasteiger partial charge is 0.367 e. The van der Waals surface area contributed by atoms with E-state index in [9.17, 15) is 4.79 Å². The van der Waals surface area contributed by atoms with E-state index in [0.717, 1.165) is 0 Å². The van der Waals surface area contributed by atoms with Gasteiger partial charge < -0.3 is 10.6 Å². The molecule has 0 unspecified atom stereocenters. The van der Waals surface area contributed by atoms with Gasteiger partial charge in [-0.1, -0.05) is 0 Å². The van der Waals surface area contributed by atoms with Gasteiger partial charge in [0, 0.05) is 31.0 Å². The van der Waals surface area contributed by atoms with Gasteiger partial charge in [0.1, 0.15) is 5.82 Å². The van der Waals surface area contributed by atoms with E-state index in [0.29, 0.717) is 35.9 Å². The van der Waals surface area contributed by atoms with E-state index in [1.54, 1.807) is 53.5 Å². The third-order valence-electron chi connectivity index (χ3n) is 3.38. The van der Waals surface area contributed by atoms with Gasteiger partial charge in [0.05, 0.1) is 11.6 Å². The van der Waals surface area contributed by atoms with Gasteiger partial charge >= 0.3 is 0 Å². The van der Waals surface area contributed by atoms with Crippen LogP contribution in [0.3, 0.4) is 0 Å². The lowest BCUT2D eigenvalue weighted by atomic mass is 10.1. The number of benzene rings is 1. The van der Waals surface area contributed by atoms with Crippen LogP contribution < -0.4 is 10.6 Å². The highest BCUT2D eigenvalue weighted by molar-refractivity contribution is 5.94. The van der Waals surface area contributed by atoms with Gasteiger partial charge in [-0.15, -0.1) is 10.2 Å². The molecule has 0 radical (unpaired) electrons. The average molecular weight is 333 g/mol. The predicted molar refractivity (Wildman–Crippen MR) is 91.1 cm³/mol. The number of aromatic nitrogens is 4. The van der Waals surface area contributed by atoms with Crippen LogP contribution in [0.5, 0.6) is 0 Å². The molecule has 0 spiro atoms. The molecule has 2 aromatic heterocycles. The summed E-state index contributed by atoms with van der Waals surface area (Å²) in [5, 5.41) is 26.8. The van der Waals surface area contributed by atoms with Crippen molar-refractivity contribution in [2.24, 2.45) is 0 Å². The highest BCUT2D eigenvalue weighted by Crippen LogP contribution is 2.05. The summed E-state index contributed by atoms with van der Waals surface area (Å²) in [5.41, 5.74) is 1.04. The summed E-state index contributed by atoms with van der Waals surface area (Å²) in [4.78, 5) is 12.0. The highest BCUT2D eigenvalue weighted by atomic mass is 16.1. The van der Waals surface area contributed by atoms with E-state index in [1.807, 2.05) is 12.1 Å². The molecule has 0 saturated heterocycles. The van der Waals surface area contributed by atoms with Crippen LogP contribution in [-0.4, -0.2) is 39.0 Å². The molecule has 8 nitrogen and oxygen atoms in total. The molecule has 3 rings (SSSR count). The molecule has 0 aliphatic rings. The Kier molecular flexibility index (Phi) is 4.97. The number of anilines is 1. The minimum Gasteiger partial charge on any atom is -0.367 e. The van der Waals surface area contributed by atoms with Crippen LogP contribution in [0.2, 0.25) is 0 Å². The van der Waals surface area contributed by atoms with Gasteiger partial charge in [-0.2, -0.15) is 10.4 Å². The first-order valence-electron chi connectivity index (χ1n) is 7.62. The number of hydrogen-bond acceptors (Lipinski definition) is 6. The minimum atomic E-state index is -0.189. The van der Waals surface area contributed by atoms with E-state index in [-0.39, 0.29) is 5.91 Å². The van der Waals surface area contributed by atoms with Gasteiger partial charge in [0.15, 0.2) is 5.82 Å². The predicted octanol–water partition coefficient (Wildman–Crippen LogP) is 1.38. The van der Waals surface area contributed by atoms with E-state index < -0.39 is 0 Å². The van der Waals surface area contributed by atoms with Crippen molar-refractivity contribution in [1.82, 2.24) is 25.3 Å². The maximum atomic E-state index is 12.0. The molecule has 0 aliphatic carbocycles. The van der Waals surface area contributed by atoms with Crippen LogP contribution >= 0.6 is 0 Å². The van der Waals surface area contributed by atoms with Crippen molar-refractivity contribution in [3.8, 4) is 11.9 Å². The molecule has 1 aromatic carbocycles. The van der Waals surface area contributed by atoms with Crippen LogP contribution in [0.1, 0.15) is 15.9 Å². The number of rotatable bonds is 6. The van der Waals surface area contributed by atoms with Crippen molar-refractivity contribution in [2.45, 2.75) is 0 Å². The second-order valence-electron chi connectivity index (χ2n) is 5.10. The van der Waals surface area contributed by atoms with Gasteiger partial charge in [0.25, 0.3) is 5.91 Å². The van der Waals surface area contributed by atoms with Gasteiger partial charge in [0.2, 0.25) is 0 Å². The van der Waals surface area contributed by atoms with Crippen LogP contribution in [0.4, 0.5) is 5.82 Å². The Hall–Kier alpha value is -3.73. The summed E-state index contributed by atoms with van der Waals surface area (Å²) in [6.07, 6.45) is 3.46. The number of amides is 1. The third kappa shape index (κ3) is 4.17. The van der Waals surface area contributed by atoms with E-state index >= 15 is 0 Å². The van der Waals surface area contributed by atoms with Crippen molar-refractivity contribution in [3.63, 3.8) is 0 Å². The van der Waals surface area contributed by atoms with Crippen LogP contribution in [0.25, 0.3) is 5.82 Å². The Morgan fingerprint density at radius 2 is 1.96 bits per heavy atom. The molecule has 0 fully saturated rings.